The first-order valence-corrected chi connectivity index (χ1v) is 14.0. The molecule has 0 bridgehead atoms. The monoisotopic (exact) mass is 468 g/mol. The van der Waals surface area contributed by atoms with Gasteiger partial charge in [-0.25, -0.2) is 12.7 Å². The molecule has 2 aromatic rings. The second-order valence-corrected chi connectivity index (χ2v) is 11.7. The molecule has 1 heterocycles. The van der Waals surface area contributed by atoms with E-state index in [0.717, 1.165) is 43.2 Å². The van der Waals surface area contributed by atoms with Gasteiger partial charge >= 0.3 is 0 Å². The molecule has 2 aromatic carbocycles. The van der Waals surface area contributed by atoms with Crippen LogP contribution in [-0.2, 0) is 34.1 Å². The molecule has 0 radical (unpaired) electrons. The van der Waals surface area contributed by atoms with Crippen molar-refractivity contribution in [3.05, 3.63) is 70.8 Å². The lowest BCUT2D eigenvalue weighted by molar-refractivity contribution is -0.126. The van der Waals surface area contributed by atoms with Crippen molar-refractivity contribution in [2.45, 2.75) is 64.3 Å². The molecular weight excluding hydrogens is 432 g/mol. The third-order valence-electron chi connectivity index (χ3n) is 7.09. The van der Waals surface area contributed by atoms with Gasteiger partial charge in [0.1, 0.15) is 0 Å². The van der Waals surface area contributed by atoms with Gasteiger partial charge in [0.2, 0.25) is 15.9 Å². The van der Waals surface area contributed by atoms with Crippen LogP contribution in [0.15, 0.2) is 48.5 Å². The number of sulfonamides is 1. The summed E-state index contributed by atoms with van der Waals surface area (Å²) in [5.41, 5.74) is 5.12. The molecule has 0 aromatic heterocycles. The van der Waals surface area contributed by atoms with E-state index in [-0.39, 0.29) is 30.2 Å². The second kappa shape index (κ2) is 10.8. The van der Waals surface area contributed by atoms with Gasteiger partial charge in [-0.2, -0.15) is 0 Å². The third-order valence-corrected chi connectivity index (χ3v) is 9.01. The number of amides is 1. The van der Waals surface area contributed by atoms with E-state index in [1.165, 1.54) is 28.3 Å². The fourth-order valence-electron chi connectivity index (χ4n) is 5.08. The highest BCUT2D eigenvalue weighted by atomic mass is 32.2. The van der Waals surface area contributed by atoms with Gasteiger partial charge in [-0.1, -0.05) is 48.5 Å². The normalized spacial score (nSPS) is 20.1. The number of piperidine rings is 1. The fraction of sp³-hybridized carbons (Fsp3) is 0.519. The van der Waals surface area contributed by atoms with E-state index in [1.807, 2.05) is 37.3 Å². The predicted molar refractivity (Wildman–Crippen MR) is 132 cm³/mol. The van der Waals surface area contributed by atoms with Gasteiger partial charge in [-0.3, -0.25) is 4.79 Å². The van der Waals surface area contributed by atoms with E-state index in [2.05, 4.69) is 23.5 Å². The zero-order valence-corrected chi connectivity index (χ0v) is 20.4. The van der Waals surface area contributed by atoms with Crippen LogP contribution in [0.5, 0.6) is 0 Å². The maximum absolute atomic E-state index is 13.0. The Morgan fingerprint density at radius 1 is 1.06 bits per heavy atom. The maximum atomic E-state index is 13.0. The molecule has 1 aliphatic carbocycles. The molecule has 0 spiro atoms. The van der Waals surface area contributed by atoms with Crippen LogP contribution in [0.25, 0.3) is 0 Å². The molecule has 1 N–H and O–H groups in total. The Hall–Kier alpha value is -2.18. The van der Waals surface area contributed by atoms with Crippen LogP contribution in [0.2, 0.25) is 0 Å². The average molecular weight is 469 g/mol. The smallest absolute Gasteiger partial charge is 0.224 e. The Morgan fingerprint density at radius 2 is 1.82 bits per heavy atom. The summed E-state index contributed by atoms with van der Waals surface area (Å²) in [6, 6.07) is 16.5. The second-order valence-electron chi connectivity index (χ2n) is 9.57. The number of hydrogen-bond donors (Lipinski definition) is 1. The van der Waals surface area contributed by atoms with E-state index in [4.69, 9.17) is 0 Å². The SMILES string of the molecule is C[C@@H](NC(=O)[C@@H]1CCCN(S(=O)(=O)CCCc2ccccc2)C1)c1ccc2c(c1)CCCC2. The van der Waals surface area contributed by atoms with Gasteiger partial charge in [0, 0.05) is 13.1 Å². The standard InChI is InChI=1S/C27H36N2O3S/c1-21(24-16-15-23-12-5-6-13-25(23)19-24)28-27(30)26-14-7-17-29(20-26)33(31,32)18-8-11-22-9-3-2-4-10-22/h2-4,9-10,15-16,19,21,26H,5-8,11-14,17-18,20H2,1H3,(H,28,30)/t21-,26-/m1/s1. The lowest BCUT2D eigenvalue weighted by Gasteiger charge is -2.32. The molecule has 0 unspecified atom stereocenters. The third kappa shape index (κ3) is 6.24. The molecule has 33 heavy (non-hydrogen) atoms. The van der Waals surface area contributed by atoms with Gasteiger partial charge < -0.3 is 5.32 Å². The molecule has 5 nitrogen and oxygen atoms in total. The number of nitrogens with zero attached hydrogens (tertiary/aromatic N) is 1. The van der Waals surface area contributed by atoms with Gasteiger partial charge in [0.25, 0.3) is 0 Å². The number of carbonyl (C=O) groups is 1. The van der Waals surface area contributed by atoms with Crippen LogP contribution in [0, 0.1) is 5.92 Å². The fourth-order valence-corrected chi connectivity index (χ4v) is 6.66. The topological polar surface area (TPSA) is 66.5 Å². The zero-order valence-electron chi connectivity index (χ0n) is 19.6. The molecule has 2 aliphatic rings. The highest BCUT2D eigenvalue weighted by Crippen LogP contribution is 2.26. The first kappa shape index (κ1) is 24.0. The van der Waals surface area contributed by atoms with Gasteiger partial charge in [0.05, 0.1) is 17.7 Å². The first-order chi connectivity index (χ1) is 15.9. The summed E-state index contributed by atoms with van der Waals surface area (Å²) in [6.45, 7) is 2.82. The van der Waals surface area contributed by atoms with Crippen molar-refractivity contribution in [1.82, 2.24) is 9.62 Å². The van der Waals surface area contributed by atoms with Crippen LogP contribution in [0.4, 0.5) is 0 Å². The Balaban J connectivity index is 1.31. The van der Waals surface area contributed by atoms with Crippen LogP contribution in [-0.4, -0.2) is 37.5 Å². The molecule has 1 saturated heterocycles. The number of fused-ring (bicyclic) bond motifs is 1. The molecule has 4 rings (SSSR count). The van der Waals surface area contributed by atoms with Crippen molar-refractivity contribution in [1.29, 1.82) is 0 Å². The zero-order chi connectivity index (χ0) is 23.3. The number of benzene rings is 2. The van der Waals surface area contributed by atoms with Gasteiger partial charge in [-0.05, 0) is 80.5 Å². The van der Waals surface area contributed by atoms with Crippen molar-refractivity contribution in [3.8, 4) is 0 Å². The Bertz CT molecular complexity index is 1050. The van der Waals surface area contributed by atoms with Crippen molar-refractivity contribution >= 4 is 15.9 Å². The van der Waals surface area contributed by atoms with Crippen LogP contribution >= 0.6 is 0 Å². The maximum Gasteiger partial charge on any atom is 0.224 e. The minimum absolute atomic E-state index is 0.0376. The predicted octanol–water partition coefficient (Wildman–Crippen LogP) is 4.42. The van der Waals surface area contributed by atoms with Crippen molar-refractivity contribution in [2.75, 3.05) is 18.8 Å². The number of rotatable bonds is 8. The van der Waals surface area contributed by atoms with Crippen LogP contribution in [0.3, 0.4) is 0 Å². The van der Waals surface area contributed by atoms with E-state index in [9.17, 15) is 13.2 Å². The molecule has 1 fully saturated rings. The highest BCUT2D eigenvalue weighted by Gasteiger charge is 2.32. The molecular formula is C27H36N2O3S. The Kier molecular flexibility index (Phi) is 7.86. The minimum Gasteiger partial charge on any atom is -0.349 e. The Morgan fingerprint density at radius 3 is 2.61 bits per heavy atom. The summed E-state index contributed by atoms with van der Waals surface area (Å²) in [5.74, 6) is -0.200. The van der Waals surface area contributed by atoms with E-state index in [1.54, 1.807) is 0 Å². The quantitative estimate of drug-likeness (QED) is 0.624. The minimum atomic E-state index is -3.36. The molecule has 0 saturated carbocycles. The molecule has 178 valence electrons. The molecule has 2 atom stereocenters. The van der Waals surface area contributed by atoms with Crippen LogP contribution < -0.4 is 5.32 Å². The molecule has 6 heteroatoms. The molecule has 1 amide bonds. The number of carbonyl (C=O) groups excluding carboxylic acids is 1. The summed E-state index contributed by atoms with van der Waals surface area (Å²) in [6.07, 6.45) is 7.55. The van der Waals surface area contributed by atoms with Crippen molar-refractivity contribution in [2.24, 2.45) is 5.92 Å². The average Bonchev–Trinajstić information content (AvgIpc) is 2.84. The lowest BCUT2D eigenvalue weighted by Crippen LogP contribution is -2.46. The number of hydrogen-bond acceptors (Lipinski definition) is 3. The summed E-state index contributed by atoms with van der Waals surface area (Å²) >= 11 is 0. The summed E-state index contributed by atoms with van der Waals surface area (Å²) in [5, 5.41) is 3.15. The number of aryl methyl sites for hydroxylation is 3. The van der Waals surface area contributed by atoms with Gasteiger partial charge in [-0.15, -0.1) is 0 Å². The highest BCUT2D eigenvalue weighted by molar-refractivity contribution is 7.89. The Labute approximate surface area is 198 Å². The van der Waals surface area contributed by atoms with E-state index < -0.39 is 10.0 Å². The van der Waals surface area contributed by atoms with E-state index in [0.29, 0.717) is 13.0 Å². The summed E-state index contributed by atoms with van der Waals surface area (Å²) in [4.78, 5) is 13.0. The van der Waals surface area contributed by atoms with Crippen molar-refractivity contribution < 1.29 is 13.2 Å². The summed E-state index contributed by atoms with van der Waals surface area (Å²) < 4.78 is 27.4. The largest absolute Gasteiger partial charge is 0.349 e. The van der Waals surface area contributed by atoms with E-state index >= 15 is 0 Å². The van der Waals surface area contributed by atoms with Gasteiger partial charge in [0.15, 0.2) is 0 Å². The first-order valence-electron chi connectivity index (χ1n) is 12.4. The van der Waals surface area contributed by atoms with Crippen LogP contribution in [0.1, 0.15) is 67.3 Å². The summed E-state index contributed by atoms with van der Waals surface area (Å²) in [7, 11) is -3.36. The van der Waals surface area contributed by atoms with Crippen molar-refractivity contribution in [3.63, 3.8) is 0 Å². The molecule has 1 aliphatic heterocycles. The number of nitrogens with one attached hydrogen (secondary N) is 1. The lowest BCUT2D eigenvalue weighted by atomic mass is 9.89.